The summed E-state index contributed by atoms with van der Waals surface area (Å²) in [7, 11) is 1.37. The first-order valence-electron chi connectivity index (χ1n) is 9.13. The molecule has 3 rings (SSSR count). The first-order valence-corrected chi connectivity index (χ1v) is 9.13. The molecule has 0 radical (unpaired) electrons. The van der Waals surface area contributed by atoms with Crippen molar-refractivity contribution in [2.24, 2.45) is 0 Å². The number of hydrogen-bond acceptors (Lipinski definition) is 5. The Balaban J connectivity index is 1.58. The molecule has 0 saturated heterocycles. The van der Waals surface area contributed by atoms with E-state index in [9.17, 15) is 9.59 Å². The summed E-state index contributed by atoms with van der Waals surface area (Å²) < 4.78 is 6.52. The van der Waals surface area contributed by atoms with E-state index in [4.69, 9.17) is 4.74 Å². The van der Waals surface area contributed by atoms with Crippen LogP contribution in [0.25, 0.3) is 5.82 Å². The van der Waals surface area contributed by atoms with E-state index >= 15 is 0 Å². The van der Waals surface area contributed by atoms with E-state index in [1.165, 1.54) is 7.11 Å². The molecule has 7 heteroatoms. The lowest BCUT2D eigenvalue weighted by atomic mass is 9.96. The Morgan fingerprint density at radius 3 is 2.78 bits per heavy atom. The van der Waals surface area contributed by atoms with Gasteiger partial charge in [-0.05, 0) is 56.2 Å². The summed E-state index contributed by atoms with van der Waals surface area (Å²) in [5, 5.41) is 7.21. The molecule has 0 saturated carbocycles. The molecule has 27 heavy (non-hydrogen) atoms. The fourth-order valence-corrected chi connectivity index (χ4v) is 3.09. The predicted molar refractivity (Wildman–Crippen MR) is 100 cm³/mol. The highest BCUT2D eigenvalue weighted by molar-refractivity contribution is 5.90. The Morgan fingerprint density at radius 1 is 1.22 bits per heavy atom. The van der Waals surface area contributed by atoms with Crippen molar-refractivity contribution in [2.45, 2.75) is 45.4 Å². The molecule has 7 nitrogen and oxygen atoms in total. The van der Waals surface area contributed by atoms with Crippen LogP contribution in [0.15, 0.2) is 42.0 Å². The molecular formula is C20H24N4O3. The standard InChI is InChI=1S/C20H24N4O3/c1-14-7-9-18(21-11-14)24-13-15(12-22-24)8-10-19(25)23-17-6-4-3-5-16(17)20(26)27-2/h7,9,11-13H,3-6,8,10H2,1-2H3,(H,23,25). The number of carbonyl (C=O) groups is 2. The third-order valence-corrected chi connectivity index (χ3v) is 4.60. The summed E-state index contributed by atoms with van der Waals surface area (Å²) in [5.74, 6) is 0.290. The maximum atomic E-state index is 12.3. The van der Waals surface area contributed by atoms with Gasteiger partial charge < -0.3 is 10.1 Å². The van der Waals surface area contributed by atoms with E-state index in [-0.39, 0.29) is 11.9 Å². The summed E-state index contributed by atoms with van der Waals surface area (Å²) in [6, 6.07) is 3.89. The molecule has 0 aliphatic heterocycles. The SMILES string of the molecule is COC(=O)C1=C(NC(=O)CCc2cnn(-c3ccc(C)cn3)c2)CCCC1. The van der Waals surface area contributed by atoms with Gasteiger partial charge in [0.05, 0.1) is 18.9 Å². The number of aromatic nitrogens is 3. The van der Waals surface area contributed by atoms with Crippen LogP contribution in [-0.2, 0) is 20.7 Å². The number of aryl methyl sites for hydroxylation is 2. The molecule has 0 spiro atoms. The van der Waals surface area contributed by atoms with E-state index in [0.717, 1.165) is 29.8 Å². The van der Waals surface area contributed by atoms with Gasteiger partial charge in [-0.25, -0.2) is 14.5 Å². The van der Waals surface area contributed by atoms with Gasteiger partial charge >= 0.3 is 5.97 Å². The van der Waals surface area contributed by atoms with Crippen LogP contribution in [0.4, 0.5) is 0 Å². The van der Waals surface area contributed by atoms with Crippen molar-refractivity contribution in [1.82, 2.24) is 20.1 Å². The molecule has 2 aromatic heterocycles. The number of nitrogens with zero attached hydrogens (tertiary/aromatic N) is 3. The minimum Gasteiger partial charge on any atom is -0.466 e. The van der Waals surface area contributed by atoms with Crippen LogP contribution in [0.1, 0.15) is 43.2 Å². The van der Waals surface area contributed by atoms with Gasteiger partial charge in [-0.1, -0.05) is 6.07 Å². The number of carbonyl (C=O) groups excluding carboxylic acids is 2. The number of allylic oxidation sites excluding steroid dienone is 1. The Bertz CT molecular complexity index is 852. The van der Waals surface area contributed by atoms with E-state index in [0.29, 0.717) is 37.0 Å². The van der Waals surface area contributed by atoms with Gasteiger partial charge in [-0.2, -0.15) is 5.10 Å². The van der Waals surface area contributed by atoms with Gasteiger partial charge in [0, 0.05) is 24.5 Å². The minimum atomic E-state index is -0.350. The van der Waals surface area contributed by atoms with E-state index < -0.39 is 0 Å². The average molecular weight is 368 g/mol. The van der Waals surface area contributed by atoms with Crippen molar-refractivity contribution in [3.63, 3.8) is 0 Å². The number of esters is 1. The fourth-order valence-electron chi connectivity index (χ4n) is 3.09. The lowest BCUT2D eigenvalue weighted by Gasteiger charge is -2.19. The topological polar surface area (TPSA) is 86.1 Å². The first-order chi connectivity index (χ1) is 13.1. The number of pyridine rings is 1. The third-order valence-electron chi connectivity index (χ3n) is 4.60. The molecule has 1 aliphatic carbocycles. The number of methoxy groups -OCH3 is 1. The zero-order chi connectivity index (χ0) is 19.2. The van der Waals surface area contributed by atoms with Crippen molar-refractivity contribution in [3.8, 4) is 5.82 Å². The van der Waals surface area contributed by atoms with Crippen LogP contribution < -0.4 is 5.32 Å². The highest BCUT2D eigenvalue weighted by Crippen LogP contribution is 2.24. The van der Waals surface area contributed by atoms with Crippen LogP contribution in [-0.4, -0.2) is 33.8 Å². The number of nitrogens with one attached hydrogen (secondary N) is 1. The molecule has 1 aliphatic rings. The monoisotopic (exact) mass is 368 g/mol. The first kappa shape index (κ1) is 18.8. The lowest BCUT2D eigenvalue weighted by Crippen LogP contribution is -2.27. The maximum absolute atomic E-state index is 12.3. The summed E-state index contributed by atoms with van der Waals surface area (Å²) in [6.45, 7) is 1.98. The highest BCUT2D eigenvalue weighted by Gasteiger charge is 2.21. The summed E-state index contributed by atoms with van der Waals surface area (Å²) in [5.41, 5.74) is 3.34. The van der Waals surface area contributed by atoms with Crippen LogP contribution >= 0.6 is 0 Å². The zero-order valence-corrected chi connectivity index (χ0v) is 15.7. The van der Waals surface area contributed by atoms with Gasteiger partial charge in [0.2, 0.25) is 5.91 Å². The Labute approximate surface area is 158 Å². The molecule has 0 unspecified atom stereocenters. The molecule has 1 N–H and O–H groups in total. The second kappa shape index (κ2) is 8.62. The van der Waals surface area contributed by atoms with E-state index in [1.54, 1.807) is 17.1 Å². The normalized spacial score (nSPS) is 14.1. The van der Waals surface area contributed by atoms with Crippen molar-refractivity contribution in [2.75, 3.05) is 7.11 Å². The number of ether oxygens (including phenoxy) is 1. The lowest BCUT2D eigenvalue weighted by molar-refractivity contribution is -0.136. The Kier molecular flexibility index (Phi) is 6.01. The molecule has 0 fully saturated rings. The minimum absolute atomic E-state index is 0.102. The van der Waals surface area contributed by atoms with E-state index in [2.05, 4.69) is 15.4 Å². The van der Waals surface area contributed by atoms with Crippen molar-refractivity contribution in [1.29, 1.82) is 0 Å². The molecule has 1 amide bonds. The van der Waals surface area contributed by atoms with Crippen LogP contribution in [0.3, 0.4) is 0 Å². The summed E-state index contributed by atoms with van der Waals surface area (Å²) >= 11 is 0. The van der Waals surface area contributed by atoms with Gasteiger partial charge in [0.1, 0.15) is 0 Å². The van der Waals surface area contributed by atoms with Crippen LogP contribution in [0.2, 0.25) is 0 Å². The van der Waals surface area contributed by atoms with Gasteiger partial charge in [-0.15, -0.1) is 0 Å². The molecule has 0 bridgehead atoms. The number of rotatable bonds is 6. The molecule has 142 valence electrons. The van der Waals surface area contributed by atoms with Crippen molar-refractivity contribution in [3.05, 3.63) is 53.1 Å². The van der Waals surface area contributed by atoms with E-state index in [1.807, 2.05) is 25.3 Å². The Morgan fingerprint density at radius 2 is 2.04 bits per heavy atom. The number of amides is 1. The van der Waals surface area contributed by atoms with Crippen molar-refractivity contribution >= 4 is 11.9 Å². The van der Waals surface area contributed by atoms with Gasteiger partial charge in [-0.3, -0.25) is 4.79 Å². The quantitative estimate of drug-likeness (QED) is 0.792. The molecule has 0 atom stereocenters. The van der Waals surface area contributed by atoms with Crippen LogP contribution in [0.5, 0.6) is 0 Å². The predicted octanol–water partition coefficient (Wildman–Crippen LogP) is 2.63. The largest absolute Gasteiger partial charge is 0.466 e. The summed E-state index contributed by atoms with van der Waals surface area (Å²) in [6.07, 6.45) is 9.57. The maximum Gasteiger partial charge on any atom is 0.335 e. The molecule has 2 heterocycles. The third kappa shape index (κ3) is 4.81. The van der Waals surface area contributed by atoms with Gasteiger partial charge in [0.25, 0.3) is 0 Å². The average Bonchev–Trinajstić information content (AvgIpc) is 3.16. The molecular weight excluding hydrogens is 344 g/mol. The second-order valence-corrected chi connectivity index (χ2v) is 6.69. The Hall–Kier alpha value is -2.96. The second-order valence-electron chi connectivity index (χ2n) is 6.69. The zero-order valence-electron chi connectivity index (χ0n) is 15.7. The molecule has 2 aromatic rings. The summed E-state index contributed by atoms with van der Waals surface area (Å²) in [4.78, 5) is 28.5. The fraction of sp³-hybridized carbons (Fsp3) is 0.400. The smallest absolute Gasteiger partial charge is 0.335 e. The van der Waals surface area contributed by atoms with Gasteiger partial charge in [0.15, 0.2) is 5.82 Å². The molecule has 0 aromatic carbocycles. The number of hydrogen-bond donors (Lipinski definition) is 1. The van der Waals surface area contributed by atoms with Crippen molar-refractivity contribution < 1.29 is 14.3 Å². The van der Waals surface area contributed by atoms with Crippen LogP contribution in [0, 0.1) is 6.92 Å². The highest BCUT2D eigenvalue weighted by atomic mass is 16.5.